The van der Waals surface area contributed by atoms with Gasteiger partial charge in [0.2, 0.25) is 0 Å². The first kappa shape index (κ1) is 19.3. The Balaban J connectivity index is 1.55. The summed E-state index contributed by atoms with van der Waals surface area (Å²) in [7, 11) is 3.02. The molecule has 0 radical (unpaired) electrons. The van der Waals surface area contributed by atoms with Crippen molar-refractivity contribution < 1.29 is 28.5 Å². The van der Waals surface area contributed by atoms with Crippen molar-refractivity contribution in [3.8, 4) is 5.75 Å². The number of hydrogen-bond donors (Lipinski definition) is 2. The molecule has 0 bridgehead atoms. The van der Waals surface area contributed by atoms with Gasteiger partial charge in [0.15, 0.2) is 0 Å². The quantitative estimate of drug-likeness (QED) is 0.706. The van der Waals surface area contributed by atoms with Crippen LogP contribution in [0.2, 0.25) is 0 Å². The first-order chi connectivity index (χ1) is 13.1. The highest BCUT2D eigenvalue weighted by Gasteiger charge is 2.24. The molecule has 0 saturated carbocycles. The van der Waals surface area contributed by atoms with Crippen molar-refractivity contribution in [2.45, 2.75) is 13.1 Å². The number of nitrogens with one attached hydrogen (secondary N) is 2. The highest BCUT2D eigenvalue weighted by Crippen LogP contribution is 2.18. The third-order valence-electron chi connectivity index (χ3n) is 5.15. The van der Waals surface area contributed by atoms with Crippen LogP contribution in [0.3, 0.4) is 0 Å². The molecule has 2 aromatic rings. The molecule has 1 saturated heterocycles. The van der Waals surface area contributed by atoms with Crippen LogP contribution in [0.4, 0.5) is 4.39 Å². The molecule has 0 amide bonds. The van der Waals surface area contributed by atoms with Gasteiger partial charge in [-0.2, -0.15) is 0 Å². The summed E-state index contributed by atoms with van der Waals surface area (Å²) < 4.78 is 23.7. The number of rotatable bonds is 6. The van der Waals surface area contributed by atoms with Crippen molar-refractivity contribution in [1.29, 1.82) is 0 Å². The topological polar surface area (TPSA) is 44.4 Å². The van der Waals surface area contributed by atoms with Gasteiger partial charge in [-0.05, 0) is 30.3 Å². The third kappa shape index (κ3) is 5.05. The van der Waals surface area contributed by atoms with Gasteiger partial charge in [-0.1, -0.05) is 12.1 Å². The number of piperazine rings is 1. The van der Waals surface area contributed by atoms with Gasteiger partial charge in [0.25, 0.3) is 0 Å². The second-order valence-corrected chi connectivity index (χ2v) is 7.00. The monoisotopic (exact) mass is 374 g/mol. The average molecular weight is 374 g/mol. The summed E-state index contributed by atoms with van der Waals surface area (Å²) in [6.07, 6.45) is 0. The standard InChI is InChI=1S/C21H25FN2O3/c1-26-20-7-6-19(22)13-18(20)15-24-10-8-23(9-11-24)14-16-4-3-5-17(12-16)21(25)27-2/h3-7,12-13H,8-11,14-15H2,1-2H3/p+2. The number of halogens is 1. The van der Waals surface area contributed by atoms with Crippen molar-refractivity contribution in [3.63, 3.8) is 0 Å². The average Bonchev–Trinajstić information content (AvgIpc) is 2.69. The van der Waals surface area contributed by atoms with Gasteiger partial charge in [-0.15, -0.1) is 0 Å². The highest BCUT2D eigenvalue weighted by atomic mass is 19.1. The maximum atomic E-state index is 13.6. The maximum Gasteiger partial charge on any atom is 0.337 e. The van der Waals surface area contributed by atoms with Gasteiger partial charge in [0.1, 0.15) is 50.8 Å². The summed E-state index contributed by atoms with van der Waals surface area (Å²) in [6, 6.07) is 12.3. The fourth-order valence-corrected chi connectivity index (χ4v) is 3.68. The van der Waals surface area contributed by atoms with Crippen molar-refractivity contribution in [1.82, 2.24) is 0 Å². The number of carbonyl (C=O) groups is 1. The molecule has 27 heavy (non-hydrogen) atoms. The zero-order valence-electron chi connectivity index (χ0n) is 15.9. The molecule has 0 aliphatic carbocycles. The Bertz CT molecular complexity index is 789. The molecule has 0 aromatic heterocycles. The van der Waals surface area contributed by atoms with Gasteiger partial charge in [0.05, 0.1) is 25.3 Å². The Hall–Kier alpha value is -2.44. The van der Waals surface area contributed by atoms with E-state index in [-0.39, 0.29) is 11.8 Å². The Kier molecular flexibility index (Phi) is 6.42. The second-order valence-electron chi connectivity index (χ2n) is 7.00. The van der Waals surface area contributed by atoms with Crippen molar-refractivity contribution in [2.75, 3.05) is 40.4 Å². The summed E-state index contributed by atoms with van der Waals surface area (Å²) >= 11 is 0. The van der Waals surface area contributed by atoms with Crippen molar-refractivity contribution >= 4 is 5.97 Å². The number of carbonyl (C=O) groups excluding carboxylic acids is 1. The predicted octanol–water partition coefficient (Wildman–Crippen LogP) is 0.105. The molecule has 0 unspecified atom stereocenters. The van der Waals surface area contributed by atoms with Crippen LogP contribution in [0, 0.1) is 5.82 Å². The number of ether oxygens (including phenoxy) is 2. The molecule has 1 heterocycles. The molecular formula is C21H27FN2O3+2. The molecule has 0 spiro atoms. The van der Waals surface area contributed by atoms with E-state index in [1.54, 1.807) is 25.3 Å². The largest absolute Gasteiger partial charge is 0.496 e. The van der Waals surface area contributed by atoms with Crippen molar-refractivity contribution in [2.24, 2.45) is 0 Å². The van der Waals surface area contributed by atoms with E-state index in [0.29, 0.717) is 5.56 Å². The molecule has 6 heteroatoms. The van der Waals surface area contributed by atoms with E-state index < -0.39 is 0 Å². The lowest BCUT2D eigenvalue weighted by Crippen LogP contribution is -3.27. The number of benzene rings is 2. The summed E-state index contributed by atoms with van der Waals surface area (Å²) in [5, 5.41) is 0. The van der Waals surface area contributed by atoms with E-state index in [2.05, 4.69) is 6.07 Å². The number of quaternary nitrogens is 2. The number of methoxy groups -OCH3 is 2. The SMILES string of the molecule is COC(=O)c1cccc(C[NH+]2CC[NH+](Cc3cc(F)ccc3OC)CC2)c1. The third-order valence-corrected chi connectivity index (χ3v) is 5.15. The molecule has 2 aromatic carbocycles. The maximum absolute atomic E-state index is 13.6. The van der Waals surface area contributed by atoms with Crippen LogP contribution < -0.4 is 14.5 Å². The molecule has 1 aliphatic rings. The fourth-order valence-electron chi connectivity index (χ4n) is 3.68. The van der Waals surface area contributed by atoms with Gasteiger partial charge < -0.3 is 19.3 Å². The van der Waals surface area contributed by atoms with Crippen LogP contribution in [0.5, 0.6) is 5.75 Å². The summed E-state index contributed by atoms with van der Waals surface area (Å²) in [5.41, 5.74) is 2.65. The lowest BCUT2D eigenvalue weighted by atomic mass is 10.1. The minimum atomic E-state index is -0.301. The Labute approximate surface area is 159 Å². The zero-order chi connectivity index (χ0) is 19.2. The van der Waals surface area contributed by atoms with Gasteiger partial charge in [0, 0.05) is 5.56 Å². The summed E-state index contributed by atoms with van der Waals surface area (Å²) in [6.45, 7) is 5.77. The number of hydrogen-bond acceptors (Lipinski definition) is 3. The highest BCUT2D eigenvalue weighted by molar-refractivity contribution is 5.89. The van der Waals surface area contributed by atoms with E-state index in [1.807, 2.05) is 12.1 Å². The van der Waals surface area contributed by atoms with Gasteiger partial charge in [-0.25, -0.2) is 9.18 Å². The lowest BCUT2D eigenvalue weighted by Gasteiger charge is -2.30. The van der Waals surface area contributed by atoms with Crippen LogP contribution in [-0.4, -0.2) is 46.4 Å². The number of esters is 1. The predicted molar refractivity (Wildman–Crippen MR) is 99.5 cm³/mol. The van der Waals surface area contributed by atoms with Crippen LogP contribution in [0.1, 0.15) is 21.5 Å². The molecule has 144 valence electrons. The minimum absolute atomic E-state index is 0.222. The molecule has 3 rings (SSSR count). The van der Waals surface area contributed by atoms with E-state index in [4.69, 9.17) is 9.47 Å². The first-order valence-electron chi connectivity index (χ1n) is 9.26. The minimum Gasteiger partial charge on any atom is -0.496 e. The molecular weight excluding hydrogens is 347 g/mol. The summed E-state index contributed by atoms with van der Waals surface area (Å²) in [4.78, 5) is 14.6. The Morgan fingerprint density at radius 3 is 2.37 bits per heavy atom. The molecule has 0 atom stereocenters. The van der Waals surface area contributed by atoms with E-state index in [9.17, 15) is 9.18 Å². The van der Waals surface area contributed by atoms with Gasteiger partial charge >= 0.3 is 5.97 Å². The van der Waals surface area contributed by atoms with E-state index in [0.717, 1.165) is 56.1 Å². The van der Waals surface area contributed by atoms with Crippen molar-refractivity contribution in [3.05, 3.63) is 65.0 Å². The van der Waals surface area contributed by atoms with Crippen LogP contribution in [0.15, 0.2) is 42.5 Å². The van der Waals surface area contributed by atoms with Gasteiger partial charge in [-0.3, -0.25) is 0 Å². The Morgan fingerprint density at radius 2 is 1.70 bits per heavy atom. The van der Waals surface area contributed by atoms with Crippen LogP contribution in [0.25, 0.3) is 0 Å². The molecule has 1 aliphatic heterocycles. The normalized spacial score (nSPS) is 19.5. The second kappa shape index (κ2) is 8.97. The van der Waals surface area contributed by atoms with E-state index in [1.165, 1.54) is 23.0 Å². The fraction of sp³-hybridized carbons (Fsp3) is 0.381. The Morgan fingerprint density at radius 1 is 1.00 bits per heavy atom. The van der Waals surface area contributed by atoms with Crippen LogP contribution in [-0.2, 0) is 17.8 Å². The smallest absolute Gasteiger partial charge is 0.337 e. The first-order valence-corrected chi connectivity index (χ1v) is 9.26. The molecule has 1 fully saturated rings. The summed E-state index contributed by atoms with van der Waals surface area (Å²) in [5.74, 6) is 0.225. The van der Waals surface area contributed by atoms with Crippen LogP contribution >= 0.6 is 0 Å². The lowest BCUT2D eigenvalue weighted by molar-refractivity contribution is -1.02. The van der Waals surface area contributed by atoms with E-state index >= 15 is 0 Å². The zero-order valence-corrected chi connectivity index (χ0v) is 15.9. The molecule has 2 N–H and O–H groups in total. The molecule has 5 nitrogen and oxygen atoms in total.